The number of fused-ring (bicyclic) bond motifs is 2. The predicted molar refractivity (Wildman–Crippen MR) is 112 cm³/mol. The van der Waals surface area contributed by atoms with Crippen molar-refractivity contribution in [3.8, 4) is 0 Å². The number of hydrogen-bond donors (Lipinski definition) is 2. The Hall–Kier alpha value is -2.37. The van der Waals surface area contributed by atoms with Crippen LogP contribution in [0.2, 0.25) is 0 Å². The van der Waals surface area contributed by atoms with E-state index in [1.54, 1.807) is 0 Å². The summed E-state index contributed by atoms with van der Waals surface area (Å²) in [7, 11) is 0. The number of benzene rings is 2. The molecular weight excluding hydrogens is 360 g/mol. The number of anilines is 1. The minimum atomic E-state index is -0.0689. The number of hydrogen-bond acceptors (Lipinski definition) is 3. The van der Waals surface area contributed by atoms with Gasteiger partial charge in [0.2, 0.25) is 0 Å². The van der Waals surface area contributed by atoms with Gasteiger partial charge in [0.1, 0.15) is 0 Å². The number of carbonyl (C=O) groups excluding carboxylic acids is 1. The van der Waals surface area contributed by atoms with Gasteiger partial charge in [-0.3, -0.25) is 9.48 Å². The second-order valence-electron chi connectivity index (χ2n) is 7.16. The lowest BCUT2D eigenvalue weighted by atomic mass is 10.00. The van der Waals surface area contributed by atoms with Crippen LogP contribution in [0.3, 0.4) is 0 Å². The summed E-state index contributed by atoms with van der Waals surface area (Å²) >= 11 is 0. The lowest BCUT2D eigenvalue weighted by Crippen LogP contribution is -2.16. The summed E-state index contributed by atoms with van der Waals surface area (Å²) < 4.78 is 1.94. The first-order valence-electron chi connectivity index (χ1n) is 9.23. The van der Waals surface area contributed by atoms with Crippen LogP contribution in [0.1, 0.15) is 41.4 Å². The molecule has 1 aromatic heterocycles. The van der Waals surface area contributed by atoms with Gasteiger partial charge in [-0.1, -0.05) is 6.07 Å². The average Bonchev–Trinajstić information content (AvgIpc) is 2.91. The molecule has 2 N–H and O–H groups in total. The highest BCUT2D eigenvalue weighted by molar-refractivity contribution is 6.05. The Labute approximate surface area is 165 Å². The van der Waals surface area contributed by atoms with Crippen LogP contribution >= 0.6 is 12.4 Å². The van der Waals surface area contributed by atoms with Gasteiger partial charge in [0.15, 0.2) is 0 Å². The van der Waals surface area contributed by atoms with Crippen LogP contribution in [-0.4, -0.2) is 28.8 Å². The molecular formula is C21H25ClN4O. The molecule has 2 heterocycles. The number of carbonyl (C=O) groups is 1. The number of halogens is 1. The molecule has 0 saturated heterocycles. The van der Waals surface area contributed by atoms with E-state index in [-0.39, 0.29) is 18.3 Å². The zero-order chi connectivity index (χ0) is 18.1. The van der Waals surface area contributed by atoms with Crippen LogP contribution in [0.15, 0.2) is 42.6 Å². The smallest absolute Gasteiger partial charge is 0.255 e. The SMILES string of the molecule is CC(C)n1cc2cc(NC(=O)c3ccc4c(c3)CCNCC4)ccc2n1.Cl. The molecule has 0 aliphatic carbocycles. The second-order valence-corrected chi connectivity index (χ2v) is 7.16. The Bertz CT molecular complexity index is 964. The van der Waals surface area contributed by atoms with Crippen molar-refractivity contribution in [3.05, 3.63) is 59.3 Å². The molecule has 1 amide bonds. The average molecular weight is 385 g/mol. The van der Waals surface area contributed by atoms with E-state index in [4.69, 9.17) is 0 Å². The number of nitrogens with zero attached hydrogens (tertiary/aromatic N) is 2. The minimum absolute atomic E-state index is 0. The van der Waals surface area contributed by atoms with Gasteiger partial charge in [-0.25, -0.2) is 0 Å². The molecule has 0 bridgehead atoms. The van der Waals surface area contributed by atoms with Crippen molar-refractivity contribution >= 4 is 34.9 Å². The highest BCUT2D eigenvalue weighted by atomic mass is 35.5. The van der Waals surface area contributed by atoms with Crippen molar-refractivity contribution in [2.75, 3.05) is 18.4 Å². The first kappa shape index (κ1) is 19.4. The largest absolute Gasteiger partial charge is 0.322 e. The van der Waals surface area contributed by atoms with Gasteiger partial charge in [0, 0.05) is 28.9 Å². The molecule has 5 nitrogen and oxygen atoms in total. The standard InChI is InChI=1S/C21H24N4O.ClH/c1-14(2)25-13-18-12-19(5-6-20(18)24-25)23-21(26)17-4-3-15-7-9-22-10-8-16(15)11-17;/h3-6,11-14,22H,7-10H2,1-2H3,(H,23,26);1H. The third kappa shape index (κ3) is 4.15. The molecule has 0 fully saturated rings. The van der Waals surface area contributed by atoms with Gasteiger partial charge in [0.25, 0.3) is 5.91 Å². The lowest BCUT2D eigenvalue weighted by Gasteiger charge is -2.09. The first-order chi connectivity index (χ1) is 12.6. The molecule has 0 saturated carbocycles. The summed E-state index contributed by atoms with van der Waals surface area (Å²) in [4.78, 5) is 12.7. The molecule has 1 aliphatic rings. The molecule has 6 heteroatoms. The maximum Gasteiger partial charge on any atom is 0.255 e. The van der Waals surface area contributed by atoms with Gasteiger partial charge in [-0.2, -0.15) is 5.10 Å². The monoisotopic (exact) mass is 384 g/mol. The Balaban J connectivity index is 0.00000210. The molecule has 0 unspecified atom stereocenters. The highest BCUT2D eigenvalue weighted by Crippen LogP contribution is 2.21. The third-order valence-corrected chi connectivity index (χ3v) is 4.92. The van der Waals surface area contributed by atoms with Crippen molar-refractivity contribution in [3.63, 3.8) is 0 Å². The summed E-state index contributed by atoms with van der Waals surface area (Å²) in [6.07, 6.45) is 4.01. The maximum atomic E-state index is 12.7. The summed E-state index contributed by atoms with van der Waals surface area (Å²) in [5.74, 6) is -0.0689. The quantitative estimate of drug-likeness (QED) is 0.718. The summed E-state index contributed by atoms with van der Waals surface area (Å²) in [5.41, 5.74) is 5.06. The summed E-state index contributed by atoms with van der Waals surface area (Å²) in [5, 5.41) is 12.0. The molecule has 0 spiro atoms. The van der Waals surface area contributed by atoms with E-state index in [1.165, 1.54) is 11.1 Å². The number of nitrogens with one attached hydrogen (secondary N) is 2. The van der Waals surface area contributed by atoms with E-state index >= 15 is 0 Å². The predicted octanol–water partition coefficient (Wildman–Crippen LogP) is 3.98. The fourth-order valence-corrected chi connectivity index (χ4v) is 3.41. The number of rotatable bonds is 3. The molecule has 27 heavy (non-hydrogen) atoms. The number of amides is 1. The fraction of sp³-hybridized carbons (Fsp3) is 0.333. The van der Waals surface area contributed by atoms with E-state index in [2.05, 4.69) is 35.6 Å². The second kappa shape index (κ2) is 8.11. The summed E-state index contributed by atoms with van der Waals surface area (Å²) in [6, 6.07) is 12.2. The topological polar surface area (TPSA) is 59.0 Å². The van der Waals surface area contributed by atoms with Crippen LogP contribution in [-0.2, 0) is 12.8 Å². The lowest BCUT2D eigenvalue weighted by molar-refractivity contribution is 0.102. The Kier molecular flexibility index (Phi) is 5.82. The van der Waals surface area contributed by atoms with Crippen molar-refractivity contribution in [1.29, 1.82) is 0 Å². The fourth-order valence-electron chi connectivity index (χ4n) is 3.41. The van der Waals surface area contributed by atoms with Crippen LogP contribution < -0.4 is 10.6 Å². The van der Waals surface area contributed by atoms with E-state index in [0.29, 0.717) is 11.6 Å². The molecule has 4 rings (SSSR count). The molecule has 0 atom stereocenters. The van der Waals surface area contributed by atoms with E-state index in [0.717, 1.165) is 42.5 Å². The van der Waals surface area contributed by atoms with Crippen LogP contribution in [0.25, 0.3) is 10.9 Å². The normalized spacial score (nSPS) is 13.7. The Morgan fingerprint density at radius 1 is 1.11 bits per heavy atom. The molecule has 0 radical (unpaired) electrons. The van der Waals surface area contributed by atoms with E-state index < -0.39 is 0 Å². The van der Waals surface area contributed by atoms with Gasteiger partial charge in [-0.05, 0) is 81.2 Å². The Morgan fingerprint density at radius 2 is 1.89 bits per heavy atom. The van der Waals surface area contributed by atoms with Crippen LogP contribution in [0.4, 0.5) is 5.69 Å². The molecule has 3 aromatic rings. The van der Waals surface area contributed by atoms with Gasteiger partial charge < -0.3 is 10.6 Å². The third-order valence-electron chi connectivity index (χ3n) is 4.92. The first-order valence-corrected chi connectivity index (χ1v) is 9.23. The zero-order valence-corrected chi connectivity index (χ0v) is 16.5. The van der Waals surface area contributed by atoms with Gasteiger partial charge in [0.05, 0.1) is 5.52 Å². The maximum absolute atomic E-state index is 12.7. The zero-order valence-electron chi connectivity index (χ0n) is 15.7. The van der Waals surface area contributed by atoms with Crippen LogP contribution in [0, 0.1) is 0 Å². The van der Waals surface area contributed by atoms with Crippen LogP contribution in [0.5, 0.6) is 0 Å². The van der Waals surface area contributed by atoms with E-state index in [9.17, 15) is 4.79 Å². The van der Waals surface area contributed by atoms with Crippen molar-refractivity contribution in [2.24, 2.45) is 0 Å². The van der Waals surface area contributed by atoms with Gasteiger partial charge in [-0.15, -0.1) is 12.4 Å². The molecule has 2 aromatic carbocycles. The van der Waals surface area contributed by atoms with E-state index in [1.807, 2.05) is 41.2 Å². The van der Waals surface area contributed by atoms with Crippen molar-refractivity contribution in [1.82, 2.24) is 15.1 Å². The molecule has 1 aliphatic heterocycles. The number of aromatic nitrogens is 2. The Morgan fingerprint density at radius 3 is 2.67 bits per heavy atom. The van der Waals surface area contributed by atoms with Gasteiger partial charge >= 0.3 is 0 Å². The molecule has 142 valence electrons. The van der Waals surface area contributed by atoms with Crippen molar-refractivity contribution < 1.29 is 4.79 Å². The summed E-state index contributed by atoms with van der Waals surface area (Å²) in [6.45, 7) is 6.17. The van der Waals surface area contributed by atoms with Crippen molar-refractivity contribution in [2.45, 2.75) is 32.7 Å². The minimum Gasteiger partial charge on any atom is -0.322 e. The highest BCUT2D eigenvalue weighted by Gasteiger charge is 2.13.